The maximum atomic E-state index is 12.8. The first kappa shape index (κ1) is 21.4. The molecule has 156 valence electrons. The highest BCUT2D eigenvalue weighted by molar-refractivity contribution is 6.04. The third-order valence-electron chi connectivity index (χ3n) is 5.47. The van der Waals surface area contributed by atoms with E-state index in [-0.39, 0.29) is 11.5 Å². The molecule has 2 aromatic rings. The van der Waals surface area contributed by atoms with Crippen molar-refractivity contribution < 1.29 is 9.53 Å². The van der Waals surface area contributed by atoms with Crippen LogP contribution < -0.4 is 10.1 Å². The zero-order valence-electron chi connectivity index (χ0n) is 18.2. The van der Waals surface area contributed by atoms with Crippen molar-refractivity contribution in [3.05, 3.63) is 59.7 Å². The van der Waals surface area contributed by atoms with Gasteiger partial charge in [-0.25, -0.2) is 0 Å². The third-order valence-corrected chi connectivity index (χ3v) is 5.47. The van der Waals surface area contributed by atoms with Crippen molar-refractivity contribution in [2.75, 3.05) is 18.9 Å². The van der Waals surface area contributed by atoms with E-state index in [4.69, 9.17) is 4.74 Å². The molecule has 0 aliphatic carbocycles. The Labute approximate surface area is 175 Å². The molecule has 4 heteroatoms. The van der Waals surface area contributed by atoms with Crippen molar-refractivity contribution in [1.82, 2.24) is 4.90 Å². The molecule has 3 rings (SSSR count). The number of likely N-dealkylation sites (tertiary alicyclic amines) is 1. The van der Waals surface area contributed by atoms with Crippen LogP contribution >= 0.6 is 0 Å². The smallest absolute Gasteiger partial charge is 0.255 e. The maximum absolute atomic E-state index is 12.8. The van der Waals surface area contributed by atoms with Crippen LogP contribution in [0.2, 0.25) is 0 Å². The molecule has 1 amide bonds. The number of amides is 1. The first-order chi connectivity index (χ1) is 13.8. The van der Waals surface area contributed by atoms with E-state index in [2.05, 4.69) is 23.3 Å². The number of benzene rings is 2. The minimum absolute atomic E-state index is 0.0884. The quantitative estimate of drug-likeness (QED) is 0.700. The molecule has 1 atom stereocenters. The number of piperidine rings is 1. The highest BCUT2D eigenvalue weighted by atomic mass is 16.5. The summed E-state index contributed by atoms with van der Waals surface area (Å²) < 4.78 is 5.84. The molecular weight excluding hydrogens is 360 g/mol. The number of nitrogens with zero attached hydrogens (tertiary/aromatic N) is 1. The number of carbonyl (C=O) groups is 1. The number of hydrogen-bond acceptors (Lipinski definition) is 3. The van der Waals surface area contributed by atoms with E-state index in [1.165, 1.54) is 31.4 Å². The first-order valence-corrected chi connectivity index (χ1v) is 10.7. The van der Waals surface area contributed by atoms with E-state index >= 15 is 0 Å². The molecule has 1 N–H and O–H groups in total. The van der Waals surface area contributed by atoms with E-state index in [9.17, 15) is 4.79 Å². The summed E-state index contributed by atoms with van der Waals surface area (Å²) >= 11 is 0. The van der Waals surface area contributed by atoms with Gasteiger partial charge in [-0.15, -0.1) is 0 Å². The van der Waals surface area contributed by atoms with Crippen LogP contribution in [0.25, 0.3) is 0 Å². The fourth-order valence-corrected chi connectivity index (χ4v) is 3.91. The molecule has 0 aromatic heterocycles. The lowest BCUT2D eigenvalue weighted by atomic mass is 9.96. The van der Waals surface area contributed by atoms with Crippen molar-refractivity contribution in [1.29, 1.82) is 0 Å². The molecule has 1 aliphatic heterocycles. The van der Waals surface area contributed by atoms with Gasteiger partial charge < -0.3 is 15.0 Å². The summed E-state index contributed by atoms with van der Waals surface area (Å²) in [4.78, 5) is 15.2. The van der Waals surface area contributed by atoms with Crippen molar-refractivity contribution in [2.24, 2.45) is 0 Å². The third kappa shape index (κ3) is 6.33. The highest BCUT2D eigenvalue weighted by Crippen LogP contribution is 2.24. The SMILES string of the molecule is CN1CCCCC1CCc1ccccc1NC(=O)c1ccc(OC(C)(C)C)cc1. The lowest BCUT2D eigenvalue weighted by molar-refractivity contribution is 0.102. The normalized spacial score (nSPS) is 17.7. The average Bonchev–Trinajstić information content (AvgIpc) is 2.67. The van der Waals surface area contributed by atoms with Crippen molar-refractivity contribution in [3.63, 3.8) is 0 Å². The largest absolute Gasteiger partial charge is 0.488 e. The molecule has 1 heterocycles. The van der Waals surface area contributed by atoms with Gasteiger partial charge in [0.15, 0.2) is 0 Å². The molecule has 0 saturated carbocycles. The van der Waals surface area contributed by atoms with Gasteiger partial charge in [0.25, 0.3) is 5.91 Å². The summed E-state index contributed by atoms with van der Waals surface area (Å²) in [5.74, 6) is 0.681. The maximum Gasteiger partial charge on any atom is 0.255 e. The Kier molecular flexibility index (Phi) is 6.96. The van der Waals surface area contributed by atoms with Crippen LogP contribution in [-0.2, 0) is 6.42 Å². The molecule has 29 heavy (non-hydrogen) atoms. The van der Waals surface area contributed by atoms with E-state index in [0.717, 1.165) is 24.3 Å². The number of carbonyl (C=O) groups excluding carboxylic acids is 1. The minimum Gasteiger partial charge on any atom is -0.488 e. The Balaban J connectivity index is 1.63. The van der Waals surface area contributed by atoms with Crippen molar-refractivity contribution in [3.8, 4) is 5.75 Å². The van der Waals surface area contributed by atoms with Gasteiger partial charge in [0, 0.05) is 17.3 Å². The van der Waals surface area contributed by atoms with Crippen molar-refractivity contribution >= 4 is 11.6 Å². The highest BCUT2D eigenvalue weighted by Gasteiger charge is 2.19. The number of nitrogens with one attached hydrogen (secondary N) is 1. The molecule has 0 bridgehead atoms. The second-order valence-electron chi connectivity index (χ2n) is 9.02. The monoisotopic (exact) mass is 394 g/mol. The summed E-state index contributed by atoms with van der Waals surface area (Å²) in [7, 11) is 2.23. The standard InChI is InChI=1S/C25H34N2O2/c1-25(2,3)29-22-16-13-20(14-17-22)24(28)26-23-11-6-5-9-19(23)12-15-21-10-7-8-18-27(21)4/h5-6,9,11,13-14,16-17,21H,7-8,10,12,15,18H2,1-4H3,(H,26,28). The molecule has 4 nitrogen and oxygen atoms in total. The number of anilines is 1. The van der Waals surface area contributed by atoms with Crippen LogP contribution in [0.1, 0.15) is 62.4 Å². The fourth-order valence-electron chi connectivity index (χ4n) is 3.91. The second-order valence-corrected chi connectivity index (χ2v) is 9.02. The summed E-state index contributed by atoms with van der Waals surface area (Å²) in [6.45, 7) is 7.22. The molecular formula is C25H34N2O2. The Hall–Kier alpha value is -2.33. The van der Waals surface area contributed by atoms with Gasteiger partial charge >= 0.3 is 0 Å². The van der Waals surface area contributed by atoms with Crippen LogP contribution in [0.3, 0.4) is 0 Å². The van der Waals surface area contributed by atoms with Gasteiger partial charge in [0.1, 0.15) is 11.4 Å². The number of aryl methyl sites for hydroxylation is 1. The van der Waals surface area contributed by atoms with Crippen LogP contribution in [0.4, 0.5) is 5.69 Å². The van der Waals surface area contributed by atoms with E-state index in [1.54, 1.807) is 0 Å². The number of ether oxygens (including phenoxy) is 1. The zero-order valence-corrected chi connectivity index (χ0v) is 18.2. The van der Waals surface area contributed by atoms with Crippen LogP contribution in [-0.4, -0.2) is 36.0 Å². The van der Waals surface area contributed by atoms with Gasteiger partial charge in [-0.05, 0) is 95.9 Å². The minimum atomic E-state index is -0.255. The van der Waals surface area contributed by atoms with E-state index in [1.807, 2.05) is 63.2 Å². The van der Waals surface area contributed by atoms with Crippen LogP contribution in [0, 0.1) is 0 Å². The van der Waals surface area contributed by atoms with Gasteiger partial charge in [-0.2, -0.15) is 0 Å². The summed E-state index contributed by atoms with van der Waals surface area (Å²) in [5, 5.41) is 3.10. The predicted molar refractivity (Wildman–Crippen MR) is 120 cm³/mol. The number of para-hydroxylation sites is 1. The molecule has 2 aromatic carbocycles. The second kappa shape index (κ2) is 9.45. The predicted octanol–water partition coefficient (Wildman–Crippen LogP) is 5.53. The van der Waals surface area contributed by atoms with Gasteiger partial charge in [-0.3, -0.25) is 4.79 Å². The van der Waals surface area contributed by atoms with Gasteiger partial charge in [-0.1, -0.05) is 24.6 Å². The molecule has 0 spiro atoms. The summed E-state index contributed by atoms with van der Waals surface area (Å²) in [6.07, 6.45) is 6.00. The topological polar surface area (TPSA) is 41.6 Å². The summed E-state index contributed by atoms with van der Waals surface area (Å²) in [6, 6.07) is 16.1. The first-order valence-electron chi connectivity index (χ1n) is 10.7. The molecule has 1 unspecified atom stereocenters. The Morgan fingerprint density at radius 3 is 2.52 bits per heavy atom. The average molecular weight is 395 g/mol. The molecule has 1 aliphatic rings. The number of rotatable bonds is 6. The fraction of sp³-hybridized carbons (Fsp3) is 0.480. The molecule has 1 fully saturated rings. The Bertz CT molecular complexity index is 808. The van der Waals surface area contributed by atoms with Crippen LogP contribution in [0.5, 0.6) is 5.75 Å². The molecule has 0 radical (unpaired) electrons. The van der Waals surface area contributed by atoms with Gasteiger partial charge in [0.05, 0.1) is 0 Å². The zero-order chi connectivity index (χ0) is 20.9. The summed E-state index contributed by atoms with van der Waals surface area (Å²) in [5.41, 5.74) is 2.49. The van der Waals surface area contributed by atoms with E-state index < -0.39 is 0 Å². The number of hydrogen-bond donors (Lipinski definition) is 1. The lowest BCUT2D eigenvalue weighted by Gasteiger charge is -2.32. The van der Waals surface area contributed by atoms with Crippen LogP contribution in [0.15, 0.2) is 48.5 Å². The van der Waals surface area contributed by atoms with Gasteiger partial charge in [0.2, 0.25) is 0 Å². The van der Waals surface area contributed by atoms with Crippen molar-refractivity contribution in [2.45, 2.75) is 64.5 Å². The van der Waals surface area contributed by atoms with E-state index in [0.29, 0.717) is 11.6 Å². The Morgan fingerprint density at radius 1 is 1.10 bits per heavy atom. The molecule has 1 saturated heterocycles. The lowest BCUT2D eigenvalue weighted by Crippen LogP contribution is -2.36. The Morgan fingerprint density at radius 2 is 1.83 bits per heavy atom.